The fourth-order valence-electron chi connectivity index (χ4n) is 1.38. The topological polar surface area (TPSA) is 87.8 Å². The van der Waals surface area contributed by atoms with Crippen molar-refractivity contribution >= 4 is 28.6 Å². The van der Waals surface area contributed by atoms with E-state index in [1.807, 2.05) is 25.1 Å². The summed E-state index contributed by atoms with van der Waals surface area (Å²) < 4.78 is 5.14. The van der Waals surface area contributed by atoms with Crippen LogP contribution in [0.1, 0.15) is 6.92 Å². The summed E-state index contributed by atoms with van der Waals surface area (Å²) in [6.07, 6.45) is 0. The van der Waals surface area contributed by atoms with Crippen molar-refractivity contribution in [2.24, 2.45) is 5.73 Å². The predicted molar refractivity (Wildman–Crippen MR) is 69.9 cm³/mol. The Hall–Kier alpha value is -1.69. The normalized spacial score (nSPS) is 12.6. The lowest BCUT2D eigenvalue weighted by atomic mass is 10.3. The first-order valence-electron chi connectivity index (χ1n) is 5.14. The molecule has 1 atom stereocenters. The van der Waals surface area contributed by atoms with Gasteiger partial charge in [-0.3, -0.25) is 5.41 Å². The highest BCUT2D eigenvalue weighted by Gasteiger charge is 2.11. The molecule has 5 nitrogen and oxygen atoms in total. The molecule has 90 valence electrons. The number of aromatic amines is 1. The van der Waals surface area contributed by atoms with Crippen molar-refractivity contribution in [3.05, 3.63) is 18.2 Å². The van der Waals surface area contributed by atoms with Gasteiger partial charge < -0.3 is 15.5 Å². The van der Waals surface area contributed by atoms with Crippen molar-refractivity contribution in [2.45, 2.75) is 17.3 Å². The molecule has 6 heteroatoms. The number of nitrogens with two attached hydrogens (primary N) is 1. The molecule has 2 rings (SSSR count). The first-order valence-corrected chi connectivity index (χ1v) is 6.02. The van der Waals surface area contributed by atoms with Gasteiger partial charge in [0.05, 0.1) is 23.4 Å². The van der Waals surface area contributed by atoms with E-state index in [0.29, 0.717) is 0 Å². The van der Waals surface area contributed by atoms with Crippen LogP contribution in [-0.4, -0.2) is 28.2 Å². The van der Waals surface area contributed by atoms with E-state index in [9.17, 15) is 0 Å². The minimum absolute atomic E-state index is 0.0857. The molecular weight excluding hydrogens is 236 g/mol. The Labute approximate surface area is 103 Å². The van der Waals surface area contributed by atoms with Crippen molar-refractivity contribution in [2.75, 3.05) is 7.11 Å². The molecule has 0 aliphatic heterocycles. The monoisotopic (exact) mass is 250 g/mol. The molecule has 0 fully saturated rings. The Morgan fingerprint density at radius 2 is 2.35 bits per heavy atom. The van der Waals surface area contributed by atoms with E-state index in [0.717, 1.165) is 21.9 Å². The highest BCUT2D eigenvalue weighted by atomic mass is 32.2. The number of fused-ring (bicyclic) bond motifs is 1. The fourth-order valence-corrected chi connectivity index (χ4v) is 2.16. The number of hydrogen-bond donors (Lipinski definition) is 3. The van der Waals surface area contributed by atoms with Gasteiger partial charge in [-0.05, 0) is 19.1 Å². The smallest absolute Gasteiger partial charge is 0.167 e. The second-order valence-electron chi connectivity index (χ2n) is 3.64. The molecule has 0 bridgehead atoms. The van der Waals surface area contributed by atoms with Crippen LogP contribution in [-0.2, 0) is 0 Å². The molecule has 0 radical (unpaired) electrons. The lowest BCUT2D eigenvalue weighted by molar-refractivity contribution is 0.415. The standard InChI is InChI=1S/C11H14N4OS/c1-6(10(12)13)17-11-14-8-4-3-7(16-2)5-9(8)15-11/h3-6H,1-2H3,(H3,12,13)(H,14,15). The number of thioether (sulfide) groups is 1. The minimum Gasteiger partial charge on any atom is -0.497 e. The van der Waals surface area contributed by atoms with Crippen molar-refractivity contribution in [3.63, 3.8) is 0 Å². The maximum atomic E-state index is 7.34. The Kier molecular flexibility index (Phi) is 3.23. The Morgan fingerprint density at radius 1 is 1.59 bits per heavy atom. The summed E-state index contributed by atoms with van der Waals surface area (Å²) in [5.41, 5.74) is 7.22. The molecule has 0 spiro atoms. The third-order valence-electron chi connectivity index (χ3n) is 2.39. The molecule has 0 saturated carbocycles. The van der Waals surface area contributed by atoms with Crippen molar-refractivity contribution in [3.8, 4) is 5.75 Å². The molecule has 0 saturated heterocycles. The number of H-pyrrole nitrogens is 1. The van der Waals surface area contributed by atoms with Gasteiger partial charge in [0.2, 0.25) is 0 Å². The number of nitrogens with one attached hydrogen (secondary N) is 2. The molecule has 1 unspecified atom stereocenters. The summed E-state index contributed by atoms with van der Waals surface area (Å²) in [7, 11) is 1.63. The van der Waals surface area contributed by atoms with E-state index in [1.54, 1.807) is 7.11 Å². The van der Waals surface area contributed by atoms with Crippen LogP contribution in [0, 0.1) is 5.41 Å². The minimum atomic E-state index is -0.0857. The number of benzene rings is 1. The lowest BCUT2D eigenvalue weighted by Crippen LogP contribution is -2.21. The van der Waals surface area contributed by atoms with Gasteiger partial charge in [0, 0.05) is 6.07 Å². The number of ether oxygens (including phenoxy) is 1. The Bertz CT molecular complexity index is 551. The van der Waals surface area contributed by atoms with Gasteiger partial charge in [-0.25, -0.2) is 4.98 Å². The summed E-state index contributed by atoms with van der Waals surface area (Å²) >= 11 is 1.43. The highest BCUT2D eigenvalue weighted by Crippen LogP contribution is 2.25. The van der Waals surface area contributed by atoms with Crippen LogP contribution in [0.2, 0.25) is 0 Å². The SMILES string of the molecule is COc1ccc2nc(SC(C)C(=N)N)[nH]c2c1. The van der Waals surface area contributed by atoms with E-state index in [1.165, 1.54) is 11.8 Å². The van der Waals surface area contributed by atoms with Crippen LogP contribution in [0.4, 0.5) is 0 Å². The van der Waals surface area contributed by atoms with Crippen molar-refractivity contribution in [1.82, 2.24) is 9.97 Å². The van der Waals surface area contributed by atoms with Gasteiger partial charge >= 0.3 is 0 Å². The maximum absolute atomic E-state index is 7.34. The van der Waals surface area contributed by atoms with Crippen molar-refractivity contribution < 1.29 is 4.74 Å². The van der Waals surface area contributed by atoms with Gasteiger partial charge in [-0.2, -0.15) is 0 Å². The third kappa shape index (κ3) is 2.52. The number of aromatic nitrogens is 2. The lowest BCUT2D eigenvalue weighted by Gasteiger charge is -2.05. The first-order chi connectivity index (χ1) is 8.10. The molecule has 0 aliphatic carbocycles. The highest BCUT2D eigenvalue weighted by molar-refractivity contribution is 8.00. The summed E-state index contributed by atoms with van der Waals surface area (Å²) in [6.45, 7) is 1.88. The van der Waals surface area contributed by atoms with Crippen LogP contribution in [0.15, 0.2) is 23.4 Å². The van der Waals surface area contributed by atoms with Crippen LogP contribution in [0.3, 0.4) is 0 Å². The molecule has 1 aromatic carbocycles. The number of rotatable bonds is 4. The largest absolute Gasteiger partial charge is 0.497 e. The molecule has 2 aromatic rings. The number of methoxy groups -OCH3 is 1. The summed E-state index contributed by atoms with van der Waals surface area (Å²) in [5, 5.41) is 8.02. The first kappa shape index (κ1) is 11.8. The fraction of sp³-hybridized carbons (Fsp3) is 0.273. The van der Waals surface area contributed by atoms with E-state index >= 15 is 0 Å². The third-order valence-corrected chi connectivity index (χ3v) is 3.42. The molecular formula is C11H14N4OS. The van der Waals surface area contributed by atoms with E-state index < -0.39 is 0 Å². The van der Waals surface area contributed by atoms with E-state index in [4.69, 9.17) is 15.9 Å². The van der Waals surface area contributed by atoms with Crippen LogP contribution < -0.4 is 10.5 Å². The molecule has 1 aromatic heterocycles. The molecule has 0 aliphatic rings. The quantitative estimate of drug-likeness (QED) is 0.440. The van der Waals surface area contributed by atoms with Gasteiger partial charge in [-0.15, -0.1) is 0 Å². The van der Waals surface area contributed by atoms with Crippen LogP contribution >= 0.6 is 11.8 Å². The van der Waals surface area contributed by atoms with Gasteiger partial charge in [-0.1, -0.05) is 11.8 Å². The van der Waals surface area contributed by atoms with E-state index in [2.05, 4.69) is 9.97 Å². The van der Waals surface area contributed by atoms with Gasteiger partial charge in [0.15, 0.2) is 5.16 Å². The van der Waals surface area contributed by atoms with Crippen LogP contribution in [0.25, 0.3) is 11.0 Å². The number of nitrogens with zero attached hydrogens (tertiary/aromatic N) is 1. The Morgan fingerprint density at radius 3 is 3.00 bits per heavy atom. The predicted octanol–water partition coefficient (Wildman–Crippen LogP) is 1.99. The summed E-state index contributed by atoms with van der Waals surface area (Å²) in [4.78, 5) is 7.59. The van der Waals surface area contributed by atoms with E-state index in [-0.39, 0.29) is 11.1 Å². The molecule has 0 amide bonds. The summed E-state index contributed by atoms with van der Waals surface area (Å²) in [5.74, 6) is 0.936. The number of imidazole rings is 1. The second kappa shape index (κ2) is 4.67. The number of hydrogen-bond acceptors (Lipinski definition) is 4. The molecule has 1 heterocycles. The second-order valence-corrected chi connectivity index (χ2v) is 4.97. The van der Waals surface area contributed by atoms with Crippen molar-refractivity contribution in [1.29, 1.82) is 5.41 Å². The zero-order valence-corrected chi connectivity index (χ0v) is 10.5. The van der Waals surface area contributed by atoms with Crippen LogP contribution in [0.5, 0.6) is 5.75 Å². The van der Waals surface area contributed by atoms with Gasteiger partial charge in [0.1, 0.15) is 11.6 Å². The molecule has 17 heavy (non-hydrogen) atoms. The number of amidine groups is 1. The summed E-state index contributed by atoms with van der Waals surface area (Å²) in [6, 6.07) is 5.66. The molecule has 4 N–H and O–H groups in total. The zero-order chi connectivity index (χ0) is 12.4. The average molecular weight is 250 g/mol. The Balaban J connectivity index is 2.28. The van der Waals surface area contributed by atoms with Gasteiger partial charge in [0.25, 0.3) is 0 Å². The maximum Gasteiger partial charge on any atom is 0.167 e. The zero-order valence-electron chi connectivity index (χ0n) is 9.65. The average Bonchev–Trinajstić information content (AvgIpc) is 2.69.